The van der Waals surface area contributed by atoms with E-state index in [1.807, 2.05) is 7.05 Å². The SMILES string of the molecule is CN=C(NCCN(C)CCCOC)NCc1ccc(CN2CC(C)OC(C)C2)cc1. The number of rotatable bonds is 11. The molecule has 0 radical (unpaired) electrons. The van der Waals surface area contributed by atoms with Crippen LogP contribution in [0.5, 0.6) is 0 Å². The Morgan fingerprint density at radius 1 is 1.13 bits per heavy atom. The molecule has 170 valence electrons. The maximum absolute atomic E-state index is 5.83. The number of hydrogen-bond donors (Lipinski definition) is 2. The van der Waals surface area contributed by atoms with E-state index in [1.54, 1.807) is 7.11 Å². The number of ether oxygens (including phenoxy) is 2. The first-order valence-electron chi connectivity index (χ1n) is 11.1. The van der Waals surface area contributed by atoms with Gasteiger partial charge in [-0.3, -0.25) is 9.89 Å². The van der Waals surface area contributed by atoms with Crippen LogP contribution in [0.15, 0.2) is 29.3 Å². The van der Waals surface area contributed by atoms with Crippen LogP contribution in [0.25, 0.3) is 0 Å². The van der Waals surface area contributed by atoms with Crippen LogP contribution < -0.4 is 10.6 Å². The minimum Gasteiger partial charge on any atom is -0.385 e. The number of guanidine groups is 1. The van der Waals surface area contributed by atoms with Crippen molar-refractivity contribution < 1.29 is 9.47 Å². The van der Waals surface area contributed by atoms with Gasteiger partial charge in [0.05, 0.1) is 12.2 Å². The summed E-state index contributed by atoms with van der Waals surface area (Å²) in [5, 5.41) is 6.78. The molecule has 2 N–H and O–H groups in total. The highest BCUT2D eigenvalue weighted by molar-refractivity contribution is 5.79. The predicted molar refractivity (Wildman–Crippen MR) is 124 cm³/mol. The topological polar surface area (TPSA) is 61.4 Å². The molecule has 2 rings (SSSR count). The molecule has 2 atom stereocenters. The fraction of sp³-hybridized carbons (Fsp3) is 0.696. The number of likely N-dealkylation sites (N-methyl/N-ethyl adjacent to an activating group) is 1. The normalized spacial score (nSPS) is 20.5. The lowest BCUT2D eigenvalue weighted by atomic mass is 10.1. The van der Waals surface area contributed by atoms with E-state index in [0.29, 0.717) is 12.2 Å². The second kappa shape index (κ2) is 13.6. The molecule has 0 saturated carbocycles. The highest BCUT2D eigenvalue weighted by Crippen LogP contribution is 2.14. The average Bonchev–Trinajstić information content (AvgIpc) is 2.71. The summed E-state index contributed by atoms with van der Waals surface area (Å²) >= 11 is 0. The van der Waals surface area contributed by atoms with Crippen LogP contribution in [-0.4, -0.2) is 88.5 Å². The lowest BCUT2D eigenvalue weighted by Crippen LogP contribution is -2.44. The Kier molecular flexibility index (Phi) is 11.1. The Balaban J connectivity index is 1.69. The van der Waals surface area contributed by atoms with Crippen molar-refractivity contribution in [2.75, 3.05) is 60.5 Å². The molecule has 1 aliphatic heterocycles. The van der Waals surface area contributed by atoms with Gasteiger partial charge in [0.15, 0.2) is 5.96 Å². The van der Waals surface area contributed by atoms with Crippen LogP contribution in [0.3, 0.4) is 0 Å². The fourth-order valence-electron chi connectivity index (χ4n) is 3.80. The molecule has 1 aromatic rings. The van der Waals surface area contributed by atoms with Crippen LogP contribution in [0.2, 0.25) is 0 Å². The second-order valence-electron chi connectivity index (χ2n) is 8.27. The van der Waals surface area contributed by atoms with E-state index in [-0.39, 0.29) is 0 Å². The Morgan fingerprint density at radius 3 is 2.43 bits per heavy atom. The first-order chi connectivity index (χ1) is 14.5. The highest BCUT2D eigenvalue weighted by atomic mass is 16.5. The molecule has 7 heteroatoms. The number of methoxy groups -OCH3 is 1. The van der Waals surface area contributed by atoms with Crippen molar-refractivity contribution in [2.24, 2.45) is 4.99 Å². The lowest BCUT2D eigenvalue weighted by Gasteiger charge is -2.35. The van der Waals surface area contributed by atoms with E-state index in [2.05, 4.69) is 70.6 Å². The zero-order valence-corrected chi connectivity index (χ0v) is 19.5. The van der Waals surface area contributed by atoms with Crippen molar-refractivity contribution in [1.82, 2.24) is 20.4 Å². The largest absolute Gasteiger partial charge is 0.385 e. The minimum atomic E-state index is 0.307. The van der Waals surface area contributed by atoms with Crippen molar-refractivity contribution in [3.63, 3.8) is 0 Å². The Bertz CT molecular complexity index is 613. The van der Waals surface area contributed by atoms with E-state index in [0.717, 1.165) is 64.8 Å². The molecule has 0 spiro atoms. The quantitative estimate of drug-likeness (QED) is 0.325. The van der Waals surface area contributed by atoms with Gasteiger partial charge in [-0.25, -0.2) is 0 Å². The van der Waals surface area contributed by atoms with Crippen LogP contribution in [0, 0.1) is 0 Å². The smallest absolute Gasteiger partial charge is 0.191 e. The lowest BCUT2D eigenvalue weighted by molar-refractivity contribution is -0.0704. The van der Waals surface area contributed by atoms with Gasteiger partial charge in [0.2, 0.25) is 0 Å². The maximum Gasteiger partial charge on any atom is 0.191 e. The number of benzene rings is 1. The average molecular weight is 420 g/mol. The summed E-state index contributed by atoms with van der Waals surface area (Å²) in [5.74, 6) is 0.834. The number of nitrogens with zero attached hydrogens (tertiary/aromatic N) is 3. The van der Waals surface area contributed by atoms with E-state index >= 15 is 0 Å². The second-order valence-corrected chi connectivity index (χ2v) is 8.27. The molecule has 0 aromatic heterocycles. The molecule has 0 bridgehead atoms. The van der Waals surface area contributed by atoms with Gasteiger partial charge in [-0.2, -0.15) is 0 Å². The highest BCUT2D eigenvalue weighted by Gasteiger charge is 2.21. The van der Waals surface area contributed by atoms with E-state index in [4.69, 9.17) is 9.47 Å². The number of nitrogens with one attached hydrogen (secondary N) is 2. The Hall–Kier alpha value is -1.67. The molecular formula is C23H41N5O2. The molecule has 2 unspecified atom stereocenters. The van der Waals surface area contributed by atoms with Gasteiger partial charge in [-0.05, 0) is 38.4 Å². The molecular weight excluding hydrogens is 378 g/mol. The number of morpholine rings is 1. The van der Waals surface area contributed by atoms with Crippen LogP contribution in [-0.2, 0) is 22.6 Å². The predicted octanol–water partition coefficient (Wildman–Crippen LogP) is 1.93. The molecule has 1 heterocycles. The summed E-state index contributed by atoms with van der Waals surface area (Å²) in [4.78, 5) is 9.10. The van der Waals surface area contributed by atoms with Gasteiger partial charge in [-0.15, -0.1) is 0 Å². The summed E-state index contributed by atoms with van der Waals surface area (Å²) in [7, 11) is 5.69. The summed E-state index contributed by atoms with van der Waals surface area (Å²) in [5.41, 5.74) is 2.60. The van der Waals surface area contributed by atoms with Crippen molar-refractivity contribution in [3.05, 3.63) is 35.4 Å². The van der Waals surface area contributed by atoms with Gasteiger partial charge in [0.1, 0.15) is 0 Å². The van der Waals surface area contributed by atoms with E-state index in [9.17, 15) is 0 Å². The molecule has 0 amide bonds. The van der Waals surface area contributed by atoms with Crippen LogP contribution in [0.4, 0.5) is 0 Å². The molecule has 0 aliphatic carbocycles. The van der Waals surface area contributed by atoms with Gasteiger partial charge < -0.3 is 25.0 Å². The molecule has 1 saturated heterocycles. The van der Waals surface area contributed by atoms with Gasteiger partial charge in [0, 0.05) is 66.6 Å². The third kappa shape index (κ3) is 9.43. The van der Waals surface area contributed by atoms with E-state index in [1.165, 1.54) is 11.1 Å². The molecule has 1 aliphatic rings. The van der Waals surface area contributed by atoms with Gasteiger partial charge >= 0.3 is 0 Å². The molecule has 1 fully saturated rings. The fourth-order valence-corrected chi connectivity index (χ4v) is 3.80. The third-order valence-electron chi connectivity index (χ3n) is 5.28. The Labute approximate surface area is 182 Å². The number of hydrogen-bond acceptors (Lipinski definition) is 5. The van der Waals surface area contributed by atoms with Crippen molar-refractivity contribution in [3.8, 4) is 0 Å². The van der Waals surface area contributed by atoms with Crippen LogP contribution in [0.1, 0.15) is 31.4 Å². The van der Waals surface area contributed by atoms with Crippen molar-refractivity contribution in [1.29, 1.82) is 0 Å². The van der Waals surface area contributed by atoms with E-state index < -0.39 is 0 Å². The van der Waals surface area contributed by atoms with Gasteiger partial charge in [-0.1, -0.05) is 24.3 Å². The summed E-state index contributed by atoms with van der Waals surface area (Å²) in [6.45, 7) is 11.7. The van der Waals surface area contributed by atoms with Crippen molar-refractivity contribution in [2.45, 2.75) is 45.6 Å². The summed E-state index contributed by atoms with van der Waals surface area (Å²) < 4.78 is 10.9. The number of aliphatic imine (C=N–C) groups is 1. The standard InChI is InChI=1S/C23H41N5O2/c1-19-16-28(17-20(2)30-19)18-22-9-7-21(8-10-22)15-26-23(24-3)25-11-13-27(4)12-6-14-29-5/h7-10,19-20H,6,11-18H2,1-5H3,(H2,24,25,26). The maximum atomic E-state index is 5.83. The zero-order valence-electron chi connectivity index (χ0n) is 19.5. The molecule has 1 aromatic carbocycles. The molecule has 30 heavy (non-hydrogen) atoms. The van der Waals surface area contributed by atoms with Crippen molar-refractivity contribution >= 4 is 5.96 Å². The first kappa shape index (κ1) is 24.6. The zero-order chi connectivity index (χ0) is 21.8. The monoisotopic (exact) mass is 419 g/mol. The molecule has 7 nitrogen and oxygen atoms in total. The van der Waals surface area contributed by atoms with Crippen LogP contribution >= 0.6 is 0 Å². The summed E-state index contributed by atoms with van der Waals surface area (Å²) in [6.07, 6.45) is 1.67. The summed E-state index contributed by atoms with van der Waals surface area (Å²) in [6, 6.07) is 8.86. The third-order valence-corrected chi connectivity index (χ3v) is 5.28. The van der Waals surface area contributed by atoms with Gasteiger partial charge in [0.25, 0.3) is 0 Å². The minimum absolute atomic E-state index is 0.307. The Morgan fingerprint density at radius 2 is 1.80 bits per heavy atom. The first-order valence-corrected chi connectivity index (χ1v) is 11.1.